The molecule has 20 heavy (non-hydrogen) atoms. The molecule has 0 aliphatic heterocycles. The zero-order valence-electron chi connectivity index (χ0n) is 10.1. The van der Waals surface area contributed by atoms with E-state index in [1.54, 1.807) is 18.2 Å². The van der Waals surface area contributed by atoms with Crippen LogP contribution in [0.25, 0.3) is 0 Å². The van der Waals surface area contributed by atoms with Gasteiger partial charge >= 0.3 is 5.97 Å². The van der Waals surface area contributed by atoms with Gasteiger partial charge in [-0.15, -0.1) is 11.8 Å². The topological polar surface area (TPSA) is 37.3 Å². The van der Waals surface area contributed by atoms with Crippen LogP contribution in [0.4, 0.5) is 4.39 Å². The quantitative estimate of drug-likeness (QED) is 0.743. The van der Waals surface area contributed by atoms with Gasteiger partial charge in [0.25, 0.3) is 0 Å². The predicted octanol–water partition coefficient (Wildman–Crippen LogP) is 5.23. The van der Waals surface area contributed by atoms with Crippen LogP contribution in [0.15, 0.2) is 45.8 Å². The summed E-state index contributed by atoms with van der Waals surface area (Å²) >= 11 is 10.4. The molecule has 2 aromatic carbocycles. The molecule has 0 spiro atoms. The van der Waals surface area contributed by atoms with Gasteiger partial charge in [-0.3, -0.25) is 0 Å². The van der Waals surface area contributed by atoms with Crippen LogP contribution in [-0.4, -0.2) is 11.1 Å². The molecule has 0 aliphatic carbocycles. The second-order valence-corrected chi connectivity index (χ2v) is 6.20. The van der Waals surface area contributed by atoms with Gasteiger partial charge in [-0.2, -0.15) is 0 Å². The molecule has 0 aliphatic rings. The van der Waals surface area contributed by atoms with Crippen molar-refractivity contribution >= 4 is 45.3 Å². The summed E-state index contributed by atoms with van der Waals surface area (Å²) in [5.74, 6) is -0.853. The van der Waals surface area contributed by atoms with Gasteiger partial charge in [0.15, 0.2) is 0 Å². The highest BCUT2D eigenvalue weighted by atomic mass is 79.9. The number of aromatic carboxylic acids is 1. The molecule has 6 heteroatoms. The lowest BCUT2D eigenvalue weighted by Crippen LogP contribution is -1.97. The standard InChI is InChI=1S/C14H9BrClFO2S/c15-13-8(2-1-3-12(13)17)7-20-9-4-5-11(16)10(6-9)14(18)19/h1-6H,7H2,(H,18,19). The van der Waals surface area contributed by atoms with E-state index >= 15 is 0 Å². The van der Waals surface area contributed by atoms with E-state index in [1.165, 1.54) is 23.9 Å². The van der Waals surface area contributed by atoms with E-state index < -0.39 is 5.97 Å². The molecule has 0 aromatic heterocycles. The molecule has 104 valence electrons. The van der Waals surface area contributed by atoms with Gasteiger partial charge < -0.3 is 5.11 Å². The third-order valence-electron chi connectivity index (χ3n) is 2.59. The van der Waals surface area contributed by atoms with Crippen molar-refractivity contribution in [1.29, 1.82) is 0 Å². The van der Waals surface area contributed by atoms with Crippen molar-refractivity contribution in [3.63, 3.8) is 0 Å². The fourth-order valence-corrected chi connectivity index (χ4v) is 3.30. The zero-order valence-corrected chi connectivity index (χ0v) is 13.2. The van der Waals surface area contributed by atoms with Crippen molar-refractivity contribution in [2.24, 2.45) is 0 Å². The van der Waals surface area contributed by atoms with Crippen LogP contribution in [0.3, 0.4) is 0 Å². The Balaban J connectivity index is 2.17. The highest BCUT2D eigenvalue weighted by Gasteiger charge is 2.10. The Hall–Kier alpha value is -1.04. The molecule has 2 aromatic rings. The highest BCUT2D eigenvalue weighted by Crippen LogP contribution is 2.30. The molecule has 2 nitrogen and oxygen atoms in total. The summed E-state index contributed by atoms with van der Waals surface area (Å²) in [4.78, 5) is 11.8. The van der Waals surface area contributed by atoms with Crippen LogP contribution < -0.4 is 0 Å². The lowest BCUT2D eigenvalue weighted by atomic mass is 10.2. The first kappa shape index (κ1) is 15.4. The monoisotopic (exact) mass is 374 g/mol. The van der Waals surface area contributed by atoms with Crippen molar-refractivity contribution in [2.75, 3.05) is 0 Å². The number of thioether (sulfide) groups is 1. The van der Waals surface area contributed by atoms with Crippen molar-refractivity contribution in [1.82, 2.24) is 0 Å². The minimum Gasteiger partial charge on any atom is -0.478 e. The van der Waals surface area contributed by atoms with Crippen LogP contribution in [0.2, 0.25) is 5.02 Å². The lowest BCUT2D eigenvalue weighted by Gasteiger charge is -2.07. The summed E-state index contributed by atoms with van der Waals surface area (Å²) < 4.78 is 13.8. The Bertz CT molecular complexity index is 664. The molecule has 0 amide bonds. The van der Waals surface area contributed by atoms with Crippen LogP contribution in [0.1, 0.15) is 15.9 Å². The first-order valence-corrected chi connectivity index (χ1v) is 7.73. The summed E-state index contributed by atoms with van der Waals surface area (Å²) in [5.41, 5.74) is 0.872. The van der Waals surface area contributed by atoms with E-state index in [9.17, 15) is 9.18 Å². The predicted molar refractivity (Wildman–Crippen MR) is 82.1 cm³/mol. The molecule has 0 heterocycles. The molecular formula is C14H9BrClFO2S. The molecule has 0 unspecified atom stereocenters. The van der Waals surface area contributed by atoms with Crippen molar-refractivity contribution in [3.8, 4) is 0 Å². The number of carboxylic acids is 1. The third kappa shape index (κ3) is 3.53. The maximum Gasteiger partial charge on any atom is 0.337 e. The number of carboxylic acid groups (broad SMARTS) is 1. The molecule has 0 radical (unpaired) electrons. The lowest BCUT2D eigenvalue weighted by molar-refractivity contribution is 0.0697. The first-order valence-electron chi connectivity index (χ1n) is 5.57. The van der Waals surface area contributed by atoms with Gasteiger partial charge in [0, 0.05) is 10.6 Å². The SMILES string of the molecule is O=C(O)c1cc(SCc2cccc(F)c2Br)ccc1Cl. The second-order valence-electron chi connectivity index (χ2n) is 3.95. The van der Waals surface area contributed by atoms with E-state index in [0.29, 0.717) is 10.2 Å². The molecular weight excluding hydrogens is 367 g/mol. The minimum absolute atomic E-state index is 0.0648. The fraction of sp³-hybridized carbons (Fsp3) is 0.0714. The number of halogens is 3. The van der Waals surface area contributed by atoms with Crippen LogP contribution >= 0.6 is 39.3 Å². The zero-order chi connectivity index (χ0) is 14.7. The van der Waals surface area contributed by atoms with Gasteiger partial charge in [0.1, 0.15) is 5.82 Å². The summed E-state index contributed by atoms with van der Waals surface area (Å²) in [6.07, 6.45) is 0. The normalized spacial score (nSPS) is 10.6. The van der Waals surface area contributed by atoms with E-state index in [1.807, 2.05) is 6.07 Å². The number of hydrogen-bond donors (Lipinski definition) is 1. The molecule has 1 N–H and O–H groups in total. The van der Waals surface area contributed by atoms with Gasteiger partial charge in [-0.1, -0.05) is 23.7 Å². The van der Waals surface area contributed by atoms with E-state index in [2.05, 4.69) is 15.9 Å². The van der Waals surface area contributed by atoms with Gasteiger partial charge in [-0.25, -0.2) is 9.18 Å². The average Bonchev–Trinajstić information content (AvgIpc) is 2.41. The van der Waals surface area contributed by atoms with E-state index in [-0.39, 0.29) is 16.4 Å². The summed E-state index contributed by atoms with van der Waals surface area (Å²) in [6.45, 7) is 0. The number of hydrogen-bond acceptors (Lipinski definition) is 2. The summed E-state index contributed by atoms with van der Waals surface area (Å²) in [6, 6.07) is 9.64. The maximum absolute atomic E-state index is 13.4. The Morgan fingerprint density at radius 1 is 1.35 bits per heavy atom. The number of carbonyl (C=O) groups is 1. The fourth-order valence-electron chi connectivity index (χ4n) is 1.58. The molecule has 0 saturated heterocycles. The van der Waals surface area contributed by atoms with E-state index in [4.69, 9.17) is 16.7 Å². The molecule has 2 rings (SSSR count). The van der Waals surface area contributed by atoms with Gasteiger partial charge in [0.05, 0.1) is 15.1 Å². The number of benzene rings is 2. The smallest absolute Gasteiger partial charge is 0.337 e. The number of rotatable bonds is 4. The van der Waals surface area contributed by atoms with Gasteiger partial charge in [-0.05, 0) is 45.8 Å². The minimum atomic E-state index is -1.07. The summed E-state index contributed by atoms with van der Waals surface area (Å²) in [5, 5.41) is 9.21. The second kappa shape index (κ2) is 6.61. The first-order chi connectivity index (χ1) is 9.49. The molecule has 0 atom stereocenters. The molecule has 0 fully saturated rings. The Morgan fingerprint density at radius 3 is 2.80 bits per heavy atom. The maximum atomic E-state index is 13.4. The van der Waals surface area contributed by atoms with Crippen LogP contribution in [0, 0.1) is 5.82 Å². The van der Waals surface area contributed by atoms with Crippen LogP contribution in [0.5, 0.6) is 0 Å². The Kier molecular flexibility index (Phi) is 5.07. The molecule has 0 bridgehead atoms. The molecule has 0 saturated carbocycles. The van der Waals surface area contributed by atoms with E-state index in [0.717, 1.165) is 10.5 Å². The van der Waals surface area contributed by atoms with Crippen molar-refractivity contribution in [2.45, 2.75) is 10.6 Å². The van der Waals surface area contributed by atoms with Gasteiger partial charge in [0.2, 0.25) is 0 Å². The van der Waals surface area contributed by atoms with Crippen LogP contribution in [-0.2, 0) is 5.75 Å². The highest BCUT2D eigenvalue weighted by molar-refractivity contribution is 9.10. The largest absolute Gasteiger partial charge is 0.478 e. The average molecular weight is 376 g/mol. The van der Waals surface area contributed by atoms with Crippen molar-refractivity contribution in [3.05, 3.63) is 62.8 Å². The third-order valence-corrected chi connectivity index (χ3v) is 4.85. The van der Waals surface area contributed by atoms with Crippen molar-refractivity contribution < 1.29 is 14.3 Å². The summed E-state index contributed by atoms with van der Waals surface area (Å²) in [7, 11) is 0. The Morgan fingerprint density at radius 2 is 2.10 bits per heavy atom. The Labute approximate surface area is 133 Å².